The molecule has 1 aliphatic carbocycles. The van der Waals surface area contributed by atoms with E-state index in [0.717, 1.165) is 48.3 Å². The van der Waals surface area contributed by atoms with Gasteiger partial charge in [-0.2, -0.15) is 0 Å². The molecule has 0 saturated heterocycles. The van der Waals surface area contributed by atoms with Crippen molar-refractivity contribution in [1.82, 2.24) is 4.90 Å². The van der Waals surface area contributed by atoms with E-state index in [9.17, 15) is 5.11 Å². The van der Waals surface area contributed by atoms with Gasteiger partial charge < -0.3 is 14.7 Å². The molecule has 2 aromatic rings. The summed E-state index contributed by atoms with van der Waals surface area (Å²) in [6, 6.07) is 16.4. The third kappa shape index (κ3) is 4.26. The summed E-state index contributed by atoms with van der Waals surface area (Å²) < 4.78 is 5.27. The Morgan fingerprint density at radius 2 is 1.93 bits per heavy atom. The Morgan fingerprint density at radius 3 is 2.56 bits per heavy atom. The average Bonchev–Trinajstić information content (AvgIpc) is 2.65. The van der Waals surface area contributed by atoms with Gasteiger partial charge in [-0.1, -0.05) is 48.0 Å². The van der Waals surface area contributed by atoms with E-state index in [1.807, 2.05) is 12.1 Å². The molecule has 1 N–H and O–H groups in total. The lowest BCUT2D eigenvalue weighted by atomic mass is 9.67. The van der Waals surface area contributed by atoms with Crippen LogP contribution >= 0.6 is 0 Å². The zero-order valence-corrected chi connectivity index (χ0v) is 16.9. The van der Waals surface area contributed by atoms with E-state index in [2.05, 4.69) is 68.4 Å². The number of hydrogen-bond donors (Lipinski definition) is 1. The van der Waals surface area contributed by atoms with Gasteiger partial charge in [0, 0.05) is 12.5 Å². The summed E-state index contributed by atoms with van der Waals surface area (Å²) in [6.45, 7) is 2.95. The highest BCUT2D eigenvalue weighted by molar-refractivity contribution is 5.58. The molecule has 0 aliphatic heterocycles. The Kier molecular flexibility index (Phi) is 6.03. The number of aliphatic hydroxyl groups is 1. The van der Waals surface area contributed by atoms with Crippen LogP contribution in [0.2, 0.25) is 0 Å². The molecule has 2 aromatic carbocycles. The average molecular weight is 366 g/mol. The van der Waals surface area contributed by atoms with Crippen LogP contribution in [0.3, 0.4) is 0 Å². The number of methoxy groups -OCH3 is 1. The smallest absolute Gasteiger partial charge is 0.118 e. The molecule has 27 heavy (non-hydrogen) atoms. The van der Waals surface area contributed by atoms with Gasteiger partial charge in [-0.3, -0.25) is 0 Å². The molecular formula is C24H31NO2. The molecule has 1 fully saturated rings. The number of benzene rings is 2. The number of rotatable bonds is 5. The number of hydrogen-bond acceptors (Lipinski definition) is 3. The van der Waals surface area contributed by atoms with Gasteiger partial charge in [0.1, 0.15) is 11.4 Å². The van der Waals surface area contributed by atoms with E-state index in [4.69, 9.17) is 4.74 Å². The minimum Gasteiger partial charge on any atom is -0.497 e. The molecule has 3 nitrogen and oxygen atoms in total. The molecule has 0 bridgehead atoms. The molecule has 144 valence electrons. The summed E-state index contributed by atoms with van der Waals surface area (Å²) in [5, 5.41) is 12.1. The first-order valence-electron chi connectivity index (χ1n) is 9.73. The van der Waals surface area contributed by atoms with Gasteiger partial charge in [0.15, 0.2) is 0 Å². The lowest BCUT2D eigenvalue weighted by Gasteiger charge is -2.44. The van der Waals surface area contributed by atoms with E-state index < -0.39 is 5.60 Å². The molecule has 0 heterocycles. The Bertz CT molecular complexity index is 794. The van der Waals surface area contributed by atoms with Gasteiger partial charge in [0.25, 0.3) is 0 Å². The fraction of sp³-hybridized carbons (Fsp3) is 0.417. The predicted octanol–water partition coefficient (Wildman–Crippen LogP) is 4.64. The van der Waals surface area contributed by atoms with Crippen LogP contribution in [0, 0.1) is 12.8 Å². The summed E-state index contributed by atoms with van der Waals surface area (Å²) in [5.74, 6) is 1.02. The zero-order chi connectivity index (χ0) is 19.4. The SMILES string of the molecule is COc1ccc(C=C2CCCC(CN(C)C)C2(O)c2cccc(C)c2)cc1. The van der Waals surface area contributed by atoms with Gasteiger partial charge in [0.2, 0.25) is 0 Å². The molecule has 0 radical (unpaired) electrons. The van der Waals surface area contributed by atoms with Gasteiger partial charge in [-0.25, -0.2) is 0 Å². The molecule has 1 aliphatic rings. The van der Waals surface area contributed by atoms with Crippen LogP contribution in [-0.2, 0) is 5.60 Å². The third-order valence-corrected chi connectivity index (χ3v) is 5.58. The van der Waals surface area contributed by atoms with Crippen molar-refractivity contribution in [1.29, 1.82) is 0 Å². The van der Waals surface area contributed by atoms with Crippen molar-refractivity contribution in [3.05, 3.63) is 70.8 Å². The van der Waals surface area contributed by atoms with Crippen LogP contribution in [0.5, 0.6) is 5.75 Å². The van der Waals surface area contributed by atoms with Gasteiger partial charge in [-0.15, -0.1) is 0 Å². The highest BCUT2D eigenvalue weighted by atomic mass is 16.5. The first-order valence-corrected chi connectivity index (χ1v) is 9.73. The zero-order valence-electron chi connectivity index (χ0n) is 16.9. The van der Waals surface area contributed by atoms with Crippen LogP contribution in [0.25, 0.3) is 6.08 Å². The fourth-order valence-electron chi connectivity index (χ4n) is 4.25. The lowest BCUT2D eigenvalue weighted by Crippen LogP contribution is -2.44. The molecule has 3 rings (SSSR count). The summed E-state index contributed by atoms with van der Waals surface area (Å²) in [6.07, 6.45) is 5.22. The topological polar surface area (TPSA) is 32.7 Å². The molecule has 2 atom stereocenters. The van der Waals surface area contributed by atoms with Crippen molar-refractivity contribution in [2.75, 3.05) is 27.7 Å². The number of ether oxygens (including phenoxy) is 1. The van der Waals surface area contributed by atoms with Crippen LogP contribution in [0.15, 0.2) is 54.1 Å². The third-order valence-electron chi connectivity index (χ3n) is 5.58. The lowest BCUT2D eigenvalue weighted by molar-refractivity contribution is -0.0174. The summed E-state index contributed by atoms with van der Waals surface area (Å²) in [5.41, 5.74) is 3.46. The quantitative estimate of drug-likeness (QED) is 0.838. The van der Waals surface area contributed by atoms with Gasteiger partial charge in [0.05, 0.1) is 7.11 Å². The number of aryl methyl sites for hydroxylation is 1. The molecule has 3 heteroatoms. The minimum atomic E-state index is -0.936. The maximum absolute atomic E-state index is 12.1. The summed E-state index contributed by atoms with van der Waals surface area (Å²) in [7, 11) is 5.84. The maximum Gasteiger partial charge on any atom is 0.118 e. The van der Waals surface area contributed by atoms with E-state index in [1.165, 1.54) is 5.56 Å². The van der Waals surface area contributed by atoms with E-state index >= 15 is 0 Å². The van der Waals surface area contributed by atoms with Crippen LogP contribution in [0.4, 0.5) is 0 Å². The van der Waals surface area contributed by atoms with Crippen molar-refractivity contribution < 1.29 is 9.84 Å². The summed E-state index contributed by atoms with van der Waals surface area (Å²) >= 11 is 0. The second kappa shape index (κ2) is 8.28. The number of nitrogens with zero attached hydrogens (tertiary/aromatic N) is 1. The van der Waals surface area contributed by atoms with E-state index in [-0.39, 0.29) is 5.92 Å². The Labute approximate surface area is 163 Å². The second-order valence-corrected chi connectivity index (χ2v) is 7.93. The highest BCUT2D eigenvalue weighted by Gasteiger charge is 2.44. The highest BCUT2D eigenvalue weighted by Crippen LogP contribution is 2.46. The van der Waals surface area contributed by atoms with Crippen molar-refractivity contribution in [3.63, 3.8) is 0 Å². The summed E-state index contributed by atoms with van der Waals surface area (Å²) in [4.78, 5) is 2.18. The van der Waals surface area contributed by atoms with Gasteiger partial charge >= 0.3 is 0 Å². The fourth-order valence-corrected chi connectivity index (χ4v) is 4.25. The normalized spacial score (nSPS) is 24.4. The van der Waals surface area contributed by atoms with Crippen LogP contribution in [0.1, 0.15) is 36.0 Å². The predicted molar refractivity (Wildman–Crippen MR) is 112 cm³/mol. The van der Waals surface area contributed by atoms with E-state index in [1.54, 1.807) is 7.11 Å². The van der Waals surface area contributed by atoms with Gasteiger partial charge in [-0.05, 0) is 69.1 Å². The Morgan fingerprint density at radius 1 is 1.19 bits per heavy atom. The van der Waals surface area contributed by atoms with Crippen LogP contribution in [-0.4, -0.2) is 37.8 Å². The molecule has 0 aromatic heterocycles. The van der Waals surface area contributed by atoms with Crippen molar-refractivity contribution in [2.24, 2.45) is 5.92 Å². The first-order chi connectivity index (χ1) is 12.9. The monoisotopic (exact) mass is 365 g/mol. The Balaban J connectivity index is 2.07. The largest absolute Gasteiger partial charge is 0.497 e. The minimum absolute atomic E-state index is 0.174. The molecular weight excluding hydrogens is 334 g/mol. The molecule has 2 unspecified atom stereocenters. The Hall–Kier alpha value is -2.10. The maximum atomic E-state index is 12.1. The molecule has 0 amide bonds. The first kappa shape index (κ1) is 19.7. The van der Waals surface area contributed by atoms with Crippen molar-refractivity contribution in [3.8, 4) is 5.75 Å². The van der Waals surface area contributed by atoms with Crippen LogP contribution < -0.4 is 4.74 Å². The second-order valence-electron chi connectivity index (χ2n) is 7.93. The standard InChI is InChI=1S/C24H31NO2/c1-18-7-5-8-20(15-18)24(26)21(9-6-10-22(24)17-25(2)3)16-19-11-13-23(27-4)14-12-19/h5,7-8,11-16,22,26H,6,9-10,17H2,1-4H3. The molecule has 0 spiro atoms. The van der Waals surface area contributed by atoms with Crippen molar-refractivity contribution >= 4 is 6.08 Å². The molecule has 1 saturated carbocycles. The van der Waals surface area contributed by atoms with E-state index in [0.29, 0.717) is 0 Å². The van der Waals surface area contributed by atoms with Crippen molar-refractivity contribution in [2.45, 2.75) is 31.8 Å².